The van der Waals surface area contributed by atoms with Crippen LogP contribution in [0.4, 0.5) is 0 Å². The first-order valence-corrected chi connectivity index (χ1v) is 6.96. The molecule has 0 atom stereocenters. The Morgan fingerprint density at radius 1 is 1.35 bits per heavy atom. The van der Waals surface area contributed by atoms with E-state index in [0.717, 1.165) is 51.5 Å². The Morgan fingerprint density at radius 2 is 2.00 bits per heavy atom. The third kappa shape index (κ3) is 2.46. The molecule has 0 aliphatic heterocycles. The molecule has 0 heterocycles. The first kappa shape index (κ1) is 12.4. The molecule has 1 amide bonds. The smallest absolute Gasteiger partial charge is 0.243 e. The number of rotatable bonds is 4. The summed E-state index contributed by atoms with van der Waals surface area (Å²) >= 11 is 0. The molecule has 2 saturated carbocycles. The highest BCUT2D eigenvalue weighted by Gasteiger charge is 2.45. The van der Waals surface area contributed by atoms with Crippen molar-refractivity contribution in [1.82, 2.24) is 4.90 Å². The van der Waals surface area contributed by atoms with Crippen molar-refractivity contribution in [2.45, 2.75) is 64.3 Å². The highest BCUT2D eigenvalue weighted by Crippen LogP contribution is 2.40. The van der Waals surface area contributed by atoms with E-state index in [1.54, 1.807) is 0 Å². The van der Waals surface area contributed by atoms with Crippen LogP contribution < -0.4 is 0 Å². The van der Waals surface area contributed by atoms with E-state index in [0.29, 0.717) is 6.04 Å². The third-order valence-electron chi connectivity index (χ3n) is 4.04. The number of carbonyl (C=O) groups excluding carboxylic acids is 1. The highest BCUT2D eigenvalue weighted by atomic mass is 16.2. The van der Waals surface area contributed by atoms with Crippen LogP contribution in [0.15, 0.2) is 0 Å². The Bertz CT molecular complexity index is 322. The molecule has 0 aromatic rings. The Labute approximate surface area is 104 Å². The summed E-state index contributed by atoms with van der Waals surface area (Å²) < 4.78 is 0. The molecule has 0 aromatic carbocycles. The summed E-state index contributed by atoms with van der Waals surface area (Å²) in [6, 6.07) is 2.79. The van der Waals surface area contributed by atoms with E-state index in [-0.39, 0.29) is 5.91 Å². The molecule has 0 unspecified atom stereocenters. The van der Waals surface area contributed by atoms with Crippen molar-refractivity contribution < 1.29 is 4.79 Å². The topological polar surface area (TPSA) is 44.1 Å². The van der Waals surface area contributed by atoms with Crippen LogP contribution in [0.5, 0.6) is 0 Å². The van der Waals surface area contributed by atoms with Crippen LogP contribution in [0.3, 0.4) is 0 Å². The Hall–Kier alpha value is -1.04. The van der Waals surface area contributed by atoms with Crippen molar-refractivity contribution >= 4 is 5.91 Å². The monoisotopic (exact) mass is 234 g/mol. The van der Waals surface area contributed by atoms with Crippen LogP contribution in [0.2, 0.25) is 0 Å². The van der Waals surface area contributed by atoms with Crippen LogP contribution >= 0.6 is 0 Å². The minimum absolute atomic E-state index is 0.129. The minimum Gasteiger partial charge on any atom is -0.338 e. The largest absolute Gasteiger partial charge is 0.338 e. The van der Waals surface area contributed by atoms with Crippen molar-refractivity contribution in [3.8, 4) is 6.07 Å². The molecule has 2 rings (SSSR count). The molecule has 17 heavy (non-hydrogen) atoms. The Kier molecular flexibility index (Phi) is 3.71. The molecule has 2 aliphatic rings. The Balaban J connectivity index is 2.11. The molecule has 2 aliphatic carbocycles. The van der Waals surface area contributed by atoms with Gasteiger partial charge in [-0.25, -0.2) is 0 Å². The lowest BCUT2D eigenvalue weighted by atomic mass is 9.74. The molecule has 94 valence electrons. The third-order valence-corrected chi connectivity index (χ3v) is 4.04. The Morgan fingerprint density at radius 3 is 2.47 bits per heavy atom. The zero-order chi connectivity index (χ0) is 12.3. The quantitative estimate of drug-likeness (QED) is 0.750. The summed E-state index contributed by atoms with van der Waals surface area (Å²) in [7, 11) is 0. The lowest BCUT2D eigenvalue weighted by Crippen LogP contribution is -2.45. The lowest BCUT2D eigenvalue weighted by Gasteiger charge is -2.35. The molecular weight excluding hydrogens is 212 g/mol. The number of carbonyl (C=O) groups is 1. The number of hydrogen-bond donors (Lipinski definition) is 0. The van der Waals surface area contributed by atoms with Crippen molar-refractivity contribution in [2.24, 2.45) is 5.41 Å². The normalized spacial score (nSPS) is 22.8. The predicted octanol–water partition coefficient (Wildman–Crippen LogP) is 2.86. The molecular formula is C14H22N2O. The molecule has 0 aromatic heterocycles. The van der Waals surface area contributed by atoms with Crippen molar-refractivity contribution in [2.75, 3.05) is 6.54 Å². The van der Waals surface area contributed by atoms with Gasteiger partial charge >= 0.3 is 0 Å². The van der Waals surface area contributed by atoms with Crippen LogP contribution in [-0.4, -0.2) is 23.4 Å². The van der Waals surface area contributed by atoms with E-state index in [4.69, 9.17) is 0 Å². The van der Waals surface area contributed by atoms with Gasteiger partial charge in [-0.15, -0.1) is 0 Å². The fourth-order valence-corrected chi connectivity index (χ4v) is 2.88. The molecule has 2 fully saturated rings. The predicted molar refractivity (Wildman–Crippen MR) is 66.2 cm³/mol. The van der Waals surface area contributed by atoms with Gasteiger partial charge in [0.2, 0.25) is 5.91 Å². The zero-order valence-electron chi connectivity index (χ0n) is 10.7. The number of hydrogen-bond acceptors (Lipinski definition) is 2. The van der Waals surface area contributed by atoms with Crippen LogP contribution in [0.25, 0.3) is 0 Å². The molecule has 0 radical (unpaired) electrons. The highest BCUT2D eigenvalue weighted by molar-refractivity contribution is 5.86. The summed E-state index contributed by atoms with van der Waals surface area (Å²) in [6.07, 6.45) is 8.04. The van der Waals surface area contributed by atoms with Gasteiger partial charge in [0.1, 0.15) is 5.41 Å². The summed E-state index contributed by atoms with van der Waals surface area (Å²) in [4.78, 5) is 14.6. The van der Waals surface area contributed by atoms with E-state index in [1.165, 1.54) is 6.42 Å². The minimum atomic E-state index is -0.685. The summed E-state index contributed by atoms with van der Waals surface area (Å²) in [5.41, 5.74) is -0.685. The van der Waals surface area contributed by atoms with Crippen molar-refractivity contribution in [3.05, 3.63) is 0 Å². The van der Waals surface area contributed by atoms with E-state index in [1.807, 2.05) is 4.90 Å². The molecule has 0 N–H and O–H groups in total. The van der Waals surface area contributed by atoms with Gasteiger partial charge in [0.15, 0.2) is 0 Å². The van der Waals surface area contributed by atoms with Crippen molar-refractivity contribution in [3.63, 3.8) is 0 Å². The fourth-order valence-electron chi connectivity index (χ4n) is 2.88. The van der Waals surface area contributed by atoms with E-state index in [2.05, 4.69) is 13.0 Å². The van der Waals surface area contributed by atoms with Gasteiger partial charge in [-0.2, -0.15) is 5.26 Å². The SMILES string of the molecule is CCCN(C(=O)C1(C#N)CCCCC1)C1CC1. The van der Waals surface area contributed by atoms with Gasteiger partial charge in [-0.3, -0.25) is 4.79 Å². The van der Waals surface area contributed by atoms with Crippen LogP contribution in [0, 0.1) is 16.7 Å². The van der Waals surface area contributed by atoms with Gasteiger partial charge in [0, 0.05) is 12.6 Å². The molecule has 3 heteroatoms. The first-order chi connectivity index (χ1) is 8.23. The molecule has 0 saturated heterocycles. The van der Waals surface area contributed by atoms with Crippen LogP contribution in [0.1, 0.15) is 58.3 Å². The second kappa shape index (κ2) is 5.08. The molecule has 3 nitrogen and oxygen atoms in total. The number of amides is 1. The lowest BCUT2D eigenvalue weighted by molar-refractivity contribution is -0.141. The average molecular weight is 234 g/mol. The van der Waals surface area contributed by atoms with E-state index >= 15 is 0 Å². The molecule has 0 bridgehead atoms. The second-order valence-corrected chi connectivity index (χ2v) is 5.48. The van der Waals surface area contributed by atoms with Crippen molar-refractivity contribution in [1.29, 1.82) is 5.26 Å². The average Bonchev–Trinajstić information content (AvgIpc) is 3.20. The van der Waals surface area contributed by atoms with Gasteiger partial charge in [0.25, 0.3) is 0 Å². The van der Waals surface area contributed by atoms with Gasteiger partial charge < -0.3 is 4.90 Å². The van der Waals surface area contributed by atoms with Crippen LogP contribution in [-0.2, 0) is 4.79 Å². The summed E-state index contributed by atoms with van der Waals surface area (Å²) in [5, 5.41) is 9.43. The maximum Gasteiger partial charge on any atom is 0.243 e. The summed E-state index contributed by atoms with van der Waals surface area (Å²) in [5.74, 6) is 0.129. The first-order valence-electron chi connectivity index (χ1n) is 6.96. The summed E-state index contributed by atoms with van der Waals surface area (Å²) in [6.45, 7) is 2.93. The molecule has 0 spiro atoms. The number of nitrogens with zero attached hydrogens (tertiary/aromatic N) is 2. The zero-order valence-corrected chi connectivity index (χ0v) is 10.7. The van der Waals surface area contributed by atoms with Gasteiger partial charge in [-0.05, 0) is 32.1 Å². The standard InChI is InChI=1S/C14H22N2O/c1-2-10-16(12-6-7-12)13(17)14(11-15)8-4-3-5-9-14/h12H,2-10H2,1H3. The number of nitriles is 1. The maximum atomic E-state index is 12.6. The van der Waals surface area contributed by atoms with Gasteiger partial charge in [-0.1, -0.05) is 26.2 Å². The van der Waals surface area contributed by atoms with E-state index in [9.17, 15) is 10.1 Å². The maximum absolute atomic E-state index is 12.6. The van der Waals surface area contributed by atoms with Gasteiger partial charge in [0.05, 0.1) is 6.07 Å². The second-order valence-electron chi connectivity index (χ2n) is 5.48. The fraction of sp³-hybridized carbons (Fsp3) is 0.857. The van der Waals surface area contributed by atoms with E-state index < -0.39 is 5.41 Å².